The van der Waals surface area contributed by atoms with E-state index < -0.39 is 25.4 Å². The molecule has 2 aliphatic heterocycles. The SMILES string of the molecule is Cn1ncc(Nc2nccc(-c3cc(C#N)c4c(c3)[C@@](C)(CO[Si-](C)(C)C(C)(C)C)CN4C(=O)OC(C)(C)C)n2)c1C(=O)N1CCCC1. The van der Waals surface area contributed by atoms with Crippen molar-refractivity contribution in [3.63, 3.8) is 0 Å². The van der Waals surface area contributed by atoms with Gasteiger partial charge in [0.25, 0.3) is 5.91 Å². The molecular formula is C35H48N8O4Si-. The Balaban J connectivity index is 1.54. The highest BCUT2D eigenvalue weighted by Gasteiger charge is 2.45. The van der Waals surface area contributed by atoms with Crippen molar-refractivity contribution in [3.8, 4) is 17.3 Å². The molecule has 2 amide bonds. The first-order chi connectivity index (χ1) is 22.3. The number of anilines is 3. The van der Waals surface area contributed by atoms with Crippen LogP contribution in [0.15, 0.2) is 30.6 Å². The number of hydrogen-bond acceptors (Lipinski definition) is 9. The molecule has 1 atom stereocenters. The molecule has 4 heterocycles. The number of nitrogens with one attached hydrogen (secondary N) is 1. The monoisotopic (exact) mass is 672 g/mol. The molecule has 0 radical (unpaired) electrons. The number of carbonyl (C=O) groups excluding carboxylic acids is 2. The van der Waals surface area contributed by atoms with E-state index in [-0.39, 0.29) is 16.9 Å². The number of hydrogen-bond donors (Lipinski definition) is 1. The minimum absolute atomic E-state index is 0.00705. The zero-order valence-electron chi connectivity index (χ0n) is 29.9. The van der Waals surface area contributed by atoms with Crippen molar-refractivity contribution in [2.45, 2.75) is 90.5 Å². The Labute approximate surface area is 284 Å². The molecule has 0 aliphatic carbocycles. The fourth-order valence-corrected chi connectivity index (χ4v) is 6.95. The lowest BCUT2D eigenvalue weighted by molar-refractivity contribution is 0.0574. The molecule has 1 saturated heterocycles. The third-order valence-electron chi connectivity index (χ3n) is 9.56. The average molecular weight is 673 g/mol. The van der Waals surface area contributed by atoms with Crippen molar-refractivity contribution < 1.29 is 18.8 Å². The number of ether oxygens (including phenoxy) is 1. The maximum absolute atomic E-state index is 13.6. The highest BCUT2D eigenvalue weighted by molar-refractivity contribution is 6.74. The van der Waals surface area contributed by atoms with E-state index in [4.69, 9.17) is 14.1 Å². The Morgan fingerprint density at radius 2 is 1.81 bits per heavy atom. The van der Waals surface area contributed by atoms with Crippen LogP contribution in [-0.2, 0) is 21.6 Å². The third-order valence-corrected chi connectivity index (χ3v) is 14.0. The van der Waals surface area contributed by atoms with Gasteiger partial charge < -0.3 is 19.4 Å². The third kappa shape index (κ3) is 6.96. The van der Waals surface area contributed by atoms with Crippen LogP contribution in [0.2, 0.25) is 18.1 Å². The molecular weight excluding hydrogens is 625 g/mol. The van der Waals surface area contributed by atoms with Gasteiger partial charge in [0.1, 0.15) is 17.4 Å². The van der Waals surface area contributed by atoms with E-state index in [1.807, 2.05) is 31.7 Å². The zero-order chi connectivity index (χ0) is 35.2. The molecule has 5 rings (SSSR count). The number of nitriles is 1. The van der Waals surface area contributed by atoms with Gasteiger partial charge in [0.15, 0.2) is 0 Å². The van der Waals surface area contributed by atoms with Gasteiger partial charge in [-0.3, -0.25) is 14.4 Å². The van der Waals surface area contributed by atoms with Gasteiger partial charge in [-0.2, -0.15) is 10.4 Å². The number of likely N-dealkylation sites (tertiary alicyclic amines) is 1. The lowest BCUT2D eigenvalue weighted by atomic mass is 9.83. The number of benzene rings is 1. The van der Waals surface area contributed by atoms with E-state index in [9.17, 15) is 14.9 Å². The summed E-state index contributed by atoms with van der Waals surface area (Å²) in [5, 5.41) is 17.9. The van der Waals surface area contributed by atoms with Gasteiger partial charge in [-0.15, -0.1) is 18.1 Å². The topological polar surface area (TPSA) is 138 Å². The predicted octanol–water partition coefficient (Wildman–Crippen LogP) is 6.76. The van der Waals surface area contributed by atoms with Gasteiger partial charge in [0.2, 0.25) is 5.95 Å². The summed E-state index contributed by atoms with van der Waals surface area (Å²) in [5.74, 6) is 0.201. The van der Waals surface area contributed by atoms with Crippen molar-refractivity contribution in [1.29, 1.82) is 5.26 Å². The number of rotatable bonds is 7. The van der Waals surface area contributed by atoms with Crippen LogP contribution in [0.5, 0.6) is 0 Å². The molecule has 48 heavy (non-hydrogen) atoms. The molecule has 13 heteroatoms. The largest absolute Gasteiger partial charge is 0.564 e. The van der Waals surface area contributed by atoms with Crippen LogP contribution >= 0.6 is 0 Å². The molecule has 2 aromatic heterocycles. The number of aryl methyl sites for hydroxylation is 1. The van der Waals surface area contributed by atoms with Gasteiger partial charge in [-0.1, -0.05) is 27.7 Å². The second-order valence-corrected chi connectivity index (χ2v) is 20.4. The van der Waals surface area contributed by atoms with Crippen molar-refractivity contribution in [1.82, 2.24) is 24.6 Å². The fourth-order valence-electron chi connectivity index (χ4n) is 5.84. The minimum Gasteiger partial charge on any atom is -0.564 e. The van der Waals surface area contributed by atoms with E-state index in [0.29, 0.717) is 47.0 Å². The van der Waals surface area contributed by atoms with Gasteiger partial charge in [-0.05, 0) is 65.7 Å². The molecule has 3 aromatic rings. The Morgan fingerprint density at radius 1 is 1.12 bits per heavy atom. The van der Waals surface area contributed by atoms with Crippen molar-refractivity contribution in [2.75, 3.05) is 36.5 Å². The first kappa shape index (κ1) is 35.0. The summed E-state index contributed by atoms with van der Waals surface area (Å²) < 4.78 is 14.1. The van der Waals surface area contributed by atoms with Crippen molar-refractivity contribution >= 4 is 37.6 Å². The van der Waals surface area contributed by atoms with Crippen LogP contribution < -0.4 is 10.2 Å². The van der Waals surface area contributed by atoms with Gasteiger partial charge in [0.05, 0.1) is 28.8 Å². The highest BCUT2D eigenvalue weighted by atomic mass is 28.4. The fraction of sp³-hybridized carbons (Fsp3) is 0.543. The van der Waals surface area contributed by atoms with E-state index in [2.05, 4.69) is 62.3 Å². The summed E-state index contributed by atoms with van der Waals surface area (Å²) in [6.45, 7) is 20.7. The van der Waals surface area contributed by atoms with E-state index in [0.717, 1.165) is 31.5 Å². The number of carbonyl (C=O) groups is 2. The van der Waals surface area contributed by atoms with E-state index >= 15 is 0 Å². The second-order valence-electron chi connectivity index (χ2n) is 15.6. The van der Waals surface area contributed by atoms with E-state index in [1.165, 1.54) is 0 Å². The number of amides is 2. The normalized spacial score (nSPS) is 18.1. The summed E-state index contributed by atoms with van der Waals surface area (Å²) in [4.78, 5) is 39.5. The highest BCUT2D eigenvalue weighted by Crippen LogP contribution is 2.47. The van der Waals surface area contributed by atoms with Gasteiger partial charge >= 0.3 is 6.09 Å². The molecule has 0 saturated carbocycles. The van der Waals surface area contributed by atoms with Gasteiger partial charge in [-0.25, -0.2) is 14.8 Å². The Morgan fingerprint density at radius 3 is 2.44 bits per heavy atom. The maximum Gasteiger partial charge on any atom is 0.414 e. The van der Waals surface area contributed by atoms with E-state index in [1.54, 1.807) is 41.2 Å². The second kappa shape index (κ2) is 12.6. The molecule has 1 aromatic carbocycles. The molecule has 12 nitrogen and oxygen atoms in total. The smallest absolute Gasteiger partial charge is 0.414 e. The van der Waals surface area contributed by atoms with Crippen molar-refractivity contribution in [2.24, 2.45) is 7.05 Å². The summed E-state index contributed by atoms with van der Waals surface area (Å²) in [5.41, 5.74) is 2.58. The molecule has 0 spiro atoms. The van der Waals surface area contributed by atoms with Crippen LogP contribution in [0.3, 0.4) is 0 Å². The molecule has 1 fully saturated rings. The maximum atomic E-state index is 13.6. The minimum atomic E-state index is -2.15. The summed E-state index contributed by atoms with van der Waals surface area (Å²) in [7, 11) is -0.412. The summed E-state index contributed by atoms with van der Waals surface area (Å²) in [6, 6.07) is 7.84. The van der Waals surface area contributed by atoms with Crippen LogP contribution in [0.1, 0.15) is 82.9 Å². The molecule has 2 aliphatic rings. The van der Waals surface area contributed by atoms with Crippen LogP contribution in [-0.4, -0.2) is 76.8 Å². The Bertz CT molecular complexity index is 1760. The predicted molar refractivity (Wildman–Crippen MR) is 188 cm³/mol. The Kier molecular flexibility index (Phi) is 9.22. The first-order valence-electron chi connectivity index (χ1n) is 16.5. The molecule has 1 N–H and O–H groups in total. The standard InChI is InChI=1S/C35H48N8O4Si/c1-33(2,3)47-32(45)43-21-35(7,22-46-48(9,10)34(4,5)6)25-18-23(17-24(19-36)28(25)43)26-13-14-37-31(39-26)40-27-20-38-41(8)29(27)30(44)42-15-11-12-16-42/h13-14,17-18,20H,11-12,15-16,21-22H2,1-10H3,(H,37,39,40)/q-1/t35-/m1/s1. The number of aromatic nitrogens is 4. The van der Waals surface area contributed by atoms with Crippen LogP contribution in [0.4, 0.5) is 22.1 Å². The Hall–Kier alpha value is -4.28. The van der Waals surface area contributed by atoms with Gasteiger partial charge in [0, 0.05) is 50.5 Å². The zero-order valence-corrected chi connectivity index (χ0v) is 30.9. The molecule has 0 unspecified atom stereocenters. The summed E-state index contributed by atoms with van der Waals surface area (Å²) >= 11 is 0. The lowest BCUT2D eigenvalue weighted by Crippen LogP contribution is -2.46. The average Bonchev–Trinajstić information content (AvgIpc) is 3.73. The number of nitrogens with zero attached hydrogens (tertiary/aromatic N) is 7. The molecule has 0 bridgehead atoms. The quantitative estimate of drug-likeness (QED) is 0.270. The lowest BCUT2D eigenvalue weighted by Gasteiger charge is -2.50. The first-order valence-corrected chi connectivity index (χ1v) is 19.4. The molecule has 257 valence electrons. The number of fused-ring (bicyclic) bond motifs is 1. The van der Waals surface area contributed by atoms with Crippen molar-refractivity contribution in [3.05, 3.63) is 47.4 Å². The van der Waals surface area contributed by atoms with Crippen LogP contribution in [0.25, 0.3) is 11.3 Å². The summed E-state index contributed by atoms with van der Waals surface area (Å²) in [6.07, 6.45) is 4.70. The van der Waals surface area contributed by atoms with Crippen LogP contribution in [0, 0.1) is 11.3 Å².